The van der Waals surface area contributed by atoms with Gasteiger partial charge in [0.25, 0.3) is 0 Å². The summed E-state index contributed by atoms with van der Waals surface area (Å²) in [6.45, 7) is 0.735. The van der Waals surface area contributed by atoms with Gasteiger partial charge in [0.05, 0.1) is 28.0 Å². The van der Waals surface area contributed by atoms with E-state index in [9.17, 15) is 0 Å². The van der Waals surface area contributed by atoms with Crippen LogP contribution in [0.1, 0.15) is 40.1 Å². The minimum atomic E-state index is 0.566. The van der Waals surface area contributed by atoms with Crippen molar-refractivity contribution in [2.75, 3.05) is 0 Å². The third kappa shape index (κ3) is 2.49. The zero-order valence-corrected chi connectivity index (χ0v) is 15.9. The van der Waals surface area contributed by atoms with Gasteiger partial charge in [0.2, 0.25) is 0 Å². The lowest BCUT2D eigenvalue weighted by Crippen LogP contribution is -2.07. The average molecular weight is 387 g/mol. The van der Waals surface area contributed by atoms with Crippen LogP contribution in [-0.2, 0) is 19.4 Å². The number of fused-ring (bicyclic) bond motifs is 5. The normalized spacial score (nSPS) is 15.8. The SMILES string of the molecule is Clc1ccc(C2=NCc3c(sc4c3CCCC4)-n3cccc32)cc1Cl. The Morgan fingerprint density at radius 2 is 1.88 bits per heavy atom. The Bertz CT molecular complexity index is 1010. The van der Waals surface area contributed by atoms with Crippen LogP contribution in [-0.4, -0.2) is 10.3 Å². The summed E-state index contributed by atoms with van der Waals surface area (Å²) in [5, 5.41) is 2.48. The Morgan fingerprint density at radius 1 is 1.00 bits per heavy atom. The van der Waals surface area contributed by atoms with Gasteiger partial charge in [-0.05, 0) is 55.5 Å². The molecule has 1 aromatic carbocycles. The van der Waals surface area contributed by atoms with Crippen molar-refractivity contribution >= 4 is 40.3 Å². The van der Waals surface area contributed by atoms with Gasteiger partial charge in [-0.15, -0.1) is 11.3 Å². The minimum absolute atomic E-state index is 0.566. The Labute approximate surface area is 160 Å². The van der Waals surface area contributed by atoms with Crippen molar-refractivity contribution in [3.63, 3.8) is 0 Å². The van der Waals surface area contributed by atoms with E-state index in [0.717, 1.165) is 23.5 Å². The van der Waals surface area contributed by atoms with Crippen molar-refractivity contribution in [3.05, 3.63) is 73.8 Å². The van der Waals surface area contributed by atoms with E-state index in [1.807, 2.05) is 29.5 Å². The molecule has 2 aliphatic rings. The van der Waals surface area contributed by atoms with Crippen LogP contribution in [0, 0.1) is 0 Å². The summed E-state index contributed by atoms with van der Waals surface area (Å²) in [4.78, 5) is 6.56. The molecular formula is C20H16Cl2N2S. The smallest absolute Gasteiger partial charge is 0.105 e. The molecule has 126 valence electrons. The highest BCUT2D eigenvalue weighted by molar-refractivity contribution is 7.15. The van der Waals surface area contributed by atoms with Crippen molar-refractivity contribution in [1.82, 2.24) is 4.57 Å². The van der Waals surface area contributed by atoms with Gasteiger partial charge in [0.15, 0.2) is 0 Å². The van der Waals surface area contributed by atoms with Gasteiger partial charge >= 0.3 is 0 Å². The van der Waals surface area contributed by atoms with Crippen LogP contribution in [0.25, 0.3) is 5.00 Å². The van der Waals surface area contributed by atoms with E-state index in [1.165, 1.54) is 36.2 Å². The Hall–Kier alpha value is -1.55. The standard InChI is InChI=1S/C20H16Cl2N2S/c21-15-8-7-12(10-16(15)22)19-17-5-3-9-24(17)20-14(11-23-19)13-4-1-2-6-18(13)25-20/h3,5,7-10H,1-2,4,6,11H2. The highest BCUT2D eigenvalue weighted by atomic mass is 35.5. The second kappa shape index (κ2) is 6.01. The van der Waals surface area contributed by atoms with E-state index < -0.39 is 0 Å². The lowest BCUT2D eigenvalue weighted by molar-refractivity contribution is 0.691. The first-order valence-corrected chi connectivity index (χ1v) is 10.1. The molecule has 25 heavy (non-hydrogen) atoms. The van der Waals surface area contributed by atoms with Gasteiger partial charge in [-0.25, -0.2) is 0 Å². The monoisotopic (exact) mass is 386 g/mol. The number of halogens is 2. The van der Waals surface area contributed by atoms with E-state index in [0.29, 0.717) is 10.0 Å². The van der Waals surface area contributed by atoms with E-state index in [2.05, 4.69) is 22.9 Å². The molecular weight excluding hydrogens is 371 g/mol. The number of hydrogen-bond donors (Lipinski definition) is 0. The first kappa shape index (κ1) is 15.7. The summed E-state index contributed by atoms with van der Waals surface area (Å²) in [6, 6.07) is 9.98. The van der Waals surface area contributed by atoms with Crippen molar-refractivity contribution in [3.8, 4) is 5.00 Å². The Morgan fingerprint density at radius 3 is 2.76 bits per heavy atom. The quantitative estimate of drug-likeness (QED) is 0.482. The summed E-state index contributed by atoms with van der Waals surface area (Å²) in [7, 11) is 0. The Kier molecular flexibility index (Phi) is 3.77. The lowest BCUT2D eigenvalue weighted by atomic mass is 9.95. The first-order chi connectivity index (χ1) is 12.2. The maximum absolute atomic E-state index is 6.25. The van der Waals surface area contributed by atoms with Crippen molar-refractivity contribution in [2.24, 2.45) is 4.99 Å². The molecule has 0 atom stereocenters. The number of nitrogens with zero attached hydrogens (tertiary/aromatic N) is 2. The fourth-order valence-corrected chi connectivity index (χ4v) is 5.54. The lowest BCUT2D eigenvalue weighted by Gasteiger charge is -2.11. The highest BCUT2D eigenvalue weighted by Gasteiger charge is 2.26. The van der Waals surface area contributed by atoms with E-state index in [-0.39, 0.29) is 0 Å². The van der Waals surface area contributed by atoms with Crippen molar-refractivity contribution in [2.45, 2.75) is 32.2 Å². The molecule has 0 radical (unpaired) electrons. The van der Waals surface area contributed by atoms with Crippen LogP contribution in [0.4, 0.5) is 0 Å². The second-order valence-electron chi connectivity index (χ2n) is 6.55. The van der Waals surface area contributed by atoms with Crippen LogP contribution in [0.15, 0.2) is 41.5 Å². The van der Waals surface area contributed by atoms with Crippen LogP contribution < -0.4 is 0 Å². The molecule has 2 nitrogen and oxygen atoms in total. The number of aryl methyl sites for hydroxylation is 1. The topological polar surface area (TPSA) is 17.3 Å². The summed E-state index contributed by atoms with van der Waals surface area (Å²) in [5.74, 6) is 0. The molecule has 0 fully saturated rings. The molecule has 0 saturated heterocycles. The fourth-order valence-electron chi connectivity index (χ4n) is 3.85. The maximum Gasteiger partial charge on any atom is 0.105 e. The predicted octanol–water partition coefficient (Wildman–Crippen LogP) is 6.08. The van der Waals surface area contributed by atoms with Gasteiger partial charge in [-0.3, -0.25) is 4.99 Å². The third-order valence-corrected chi connectivity index (χ3v) is 7.13. The molecule has 5 rings (SSSR count). The van der Waals surface area contributed by atoms with Crippen molar-refractivity contribution in [1.29, 1.82) is 0 Å². The van der Waals surface area contributed by atoms with Crippen LogP contribution >= 0.6 is 34.5 Å². The van der Waals surface area contributed by atoms with Gasteiger partial charge < -0.3 is 4.57 Å². The number of thiophene rings is 1. The average Bonchev–Trinajstić information content (AvgIpc) is 3.20. The van der Waals surface area contributed by atoms with Crippen LogP contribution in [0.5, 0.6) is 0 Å². The number of rotatable bonds is 1. The van der Waals surface area contributed by atoms with Crippen molar-refractivity contribution < 1.29 is 0 Å². The van der Waals surface area contributed by atoms with Gasteiger partial charge in [-0.2, -0.15) is 0 Å². The summed E-state index contributed by atoms with van der Waals surface area (Å²) in [6.07, 6.45) is 7.15. The highest BCUT2D eigenvalue weighted by Crippen LogP contribution is 2.39. The van der Waals surface area contributed by atoms with Gasteiger partial charge in [0.1, 0.15) is 5.00 Å². The van der Waals surface area contributed by atoms with Gasteiger partial charge in [-0.1, -0.05) is 29.3 Å². The van der Waals surface area contributed by atoms with Gasteiger partial charge in [0, 0.05) is 22.2 Å². The van der Waals surface area contributed by atoms with E-state index >= 15 is 0 Å². The molecule has 2 aromatic heterocycles. The number of aliphatic imine (C=N–C) groups is 1. The number of aromatic nitrogens is 1. The molecule has 0 bridgehead atoms. The molecule has 0 unspecified atom stereocenters. The molecule has 5 heteroatoms. The molecule has 3 heterocycles. The summed E-state index contributed by atoms with van der Waals surface area (Å²) < 4.78 is 2.30. The zero-order chi connectivity index (χ0) is 17.0. The maximum atomic E-state index is 6.25. The molecule has 0 amide bonds. The predicted molar refractivity (Wildman–Crippen MR) is 106 cm³/mol. The number of benzene rings is 1. The molecule has 0 saturated carbocycles. The molecule has 1 aliphatic heterocycles. The van der Waals surface area contributed by atoms with E-state index in [1.54, 1.807) is 10.4 Å². The first-order valence-electron chi connectivity index (χ1n) is 8.54. The van der Waals surface area contributed by atoms with Crippen LogP contribution in [0.2, 0.25) is 10.0 Å². The summed E-state index contributed by atoms with van der Waals surface area (Å²) >= 11 is 14.3. The summed E-state index contributed by atoms with van der Waals surface area (Å²) in [5.41, 5.74) is 6.07. The minimum Gasteiger partial charge on any atom is -0.306 e. The second-order valence-corrected chi connectivity index (χ2v) is 8.45. The molecule has 1 aliphatic carbocycles. The molecule has 0 spiro atoms. The molecule has 3 aromatic rings. The molecule has 0 N–H and O–H groups in total. The van der Waals surface area contributed by atoms with Crippen LogP contribution in [0.3, 0.4) is 0 Å². The van der Waals surface area contributed by atoms with E-state index in [4.69, 9.17) is 28.2 Å². The third-order valence-electron chi connectivity index (χ3n) is 5.06. The largest absolute Gasteiger partial charge is 0.306 e. The fraction of sp³-hybridized carbons (Fsp3) is 0.250. The zero-order valence-electron chi connectivity index (χ0n) is 13.6. The number of hydrogen-bond acceptors (Lipinski definition) is 2. The Balaban J connectivity index is 1.69.